The Kier molecular flexibility index (Phi) is 5.14. The van der Waals surface area contributed by atoms with Crippen LogP contribution < -0.4 is 5.32 Å². The monoisotopic (exact) mass is 257 g/mol. The fourth-order valence-electron chi connectivity index (χ4n) is 2.18. The number of aliphatic carboxylic acids is 1. The Labute approximate surface area is 108 Å². The molecule has 1 saturated heterocycles. The summed E-state index contributed by atoms with van der Waals surface area (Å²) in [5, 5.41) is 11.6. The Hall–Kier alpha value is -1.10. The summed E-state index contributed by atoms with van der Waals surface area (Å²) in [7, 11) is 0. The molecular formula is C13H23NO4. The quantitative estimate of drug-likeness (QED) is 0.781. The van der Waals surface area contributed by atoms with Crippen LogP contribution in [0.1, 0.15) is 40.0 Å². The molecule has 0 aromatic carbocycles. The van der Waals surface area contributed by atoms with Crippen molar-refractivity contribution >= 4 is 11.9 Å². The largest absolute Gasteiger partial charge is 0.481 e. The lowest BCUT2D eigenvalue weighted by molar-refractivity contribution is -0.138. The van der Waals surface area contributed by atoms with Crippen molar-refractivity contribution in [2.75, 3.05) is 13.2 Å². The van der Waals surface area contributed by atoms with E-state index in [1.807, 2.05) is 20.8 Å². The maximum atomic E-state index is 12.2. The highest BCUT2D eigenvalue weighted by Gasteiger charge is 2.31. The number of carbonyl (C=O) groups excluding carboxylic acids is 1. The average Bonchev–Trinajstić information content (AvgIpc) is 2.26. The second-order valence-corrected chi connectivity index (χ2v) is 5.71. The number of ether oxygens (including phenoxy) is 1. The second-order valence-electron chi connectivity index (χ2n) is 5.71. The summed E-state index contributed by atoms with van der Waals surface area (Å²) >= 11 is 0. The van der Waals surface area contributed by atoms with Crippen LogP contribution in [0.3, 0.4) is 0 Å². The standard InChI is InChI=1S/C13H23NO4/c1-9-8-18-7-5-10(9)12(17)14-13(2,3)6-4-11(15)16/h9-10H,4-8H2,1-3H3,(H,14,17)(H,15,16). The third-order valence-electron chi connectivity index (χ3n) is 3.40. The SMILES string of the molecule is CC1COCCC1C(=O)NC(C)(C)CCC(=O)O. The number of carboxylic acid groups (broad SMARTS) is 1. The number of rotatable bonds is 5. The molecule has 1 aliphatic rings. The van der Waals surface area contributed by atoms with Gasteiger partial charge in [-0.1, -0.05) is 6.92 Å². The fraction of sp³-hybridized carbons (Fsp3) is 0.846. The van der Waals surface area contributed by atoms with Crippen LogP contribution in [0.15, 0.2) is 0 Å². The summed E-state index contributed by atoms with van der Waals surface area (Å²) in [5.74, 6) is -0.630. The molecule has 0 spiro atoms. The van der Waals surface area contributed by atoms with Crippen molar-refractivity contribution in [2.45, 2.75) is 45.6 Å². The van der Waals surface area contributed by atoms with Gasteiger partial charge in [-0.25, -0.2) is 0 Å². The minimum absolute atomic E-state index is 0.0150. The van der Waals surface area contributed by atoms with E-state index in [1.165, 1.54) is 0 Å². The highest BCUT2D eigenvalue weighted by molar-refractivity contribution is 5.79. The third kappa shape index (κ3) is 4.64. The van der Waals surface area contributed by atoms with E-state index < -0.39 is 11.5 Å². The van der Waals surface area contributed by atoms with Gasteiger partial charge >= 0.3 is 5.97 Å². The molecule has 0 aromatic rings. The molecule has 2 unspecified atom stereocenters. The van der Waals surface area contributed by atoms with Crippen molar-refractivity contribution in [3.8, 4) is 0 Å². The van der Waals surface area contributed by atoms with E-state index in [2.05, 4.69) is 5.32 Å². The van der Waals surface area contributed by atoms with Crippen LogP contribution in [-0.4, -0.2) is 35.7 Å². The van der Waals surface area contributed by atoms with Crippen molar-refractivity contribution in [1.82, 2.24) is 5.32 Å². The number of nitrogens with one attached hydrogen (secondary N) is 1. The first-order chi connectivity index (χ1) is 8.32. The fourth-order valence-corrected chi connectivity index (χ4v) is 2.18. The van der Waals surface area contributed by atoms with Crippen molar-refractivity contribution < 1.29 is 19.4 Å². The zero-order valence-electron chi connectivity index (χ0n) is 11.4. The van der Waals surface area contributed by atoms with Gasteiger partial charge in [0.2, 0.25) is 5.91 Å². The first kappa shape index (κ1) is 15.0. The van der Waals surface area contributed by atoms with Gasteiger partial charge in [-0.05, 0) is 32.6 Å². The van der Waals surface area contributed by atoms with Crippen LogP contribution >= 0.6 is 0 Å². The zero-order valence-corrected chi connectivity index (χ0v) is 11.4. The van der Waals surface area contributed by atoms with E-state index in [1.54, 1.807) is 0 Å². The summed E-state index contributed by atoms with van der Waals surface area (Å²) in [6, 6.07) is 0. The van der Waals surface area contributed by atoms with Gasteiger partial charge in [0.05, 0.1) is 0 Å². The molecule has 104 valence electrons. The Morgan fingerprint density at radius 1 is 1.44 bits per heavy atom. The molecule has 5 heteroatoms. The summed E-state index contributed by atoms with van der Waals surface area (Å²) in [6.07, 6.45) is 1.24. The summed E-state index contributed by atoms with van der Waals surface area (Å²) in [6.45, 7) is 6.97. The molecule has 2 N–H and O–H groups in total. The average molecular weight is 257 g/mol. The van der Waals surface area contributed by atoms with Gasteiger partial charge in [0.15, 0.2) is 0 Å². The lowest BCUT2D eigenvalue weighted by atomic mass is 9.87. The highest BCUT2D eigenvalue weighted by Crippen LogP contribution is 2.23. The minimum Gasteiger partial charge on any atom is -0.481 e. The van der Waals surface area contributed by atoms with Crippen LogP contribution in [0, 0.1) is 11.8 Å². The predicted octanol–water partition coefficient (Wildman–Crippen LogP) is 1.42. The number of amides is 1. The number of carboxylic acids is 1. The molecule has 5 nitrogen and oxygen atoms in total. The molecule has 1 heterocycles. The third-order valence-corrected chi connectivity index (χ3v) is 3.40. The molecule has 1 rings (SSSR count). The number of hydrogen-bond acceptors (Lipinski definition) is 3. The first-order valence-corrected chi connectivity index (χ1v) is 6.43. The van der Waals surface area contributed by atoms with E-state index in [0.29, 0.717) is 19.6 Å². The van der Waals surface area contributed by atoms with E-state index >= 15 is 0 Å². The second kappa shape index (κ2) is 6.18. The Morgan fingerprint density at radius 2 is 2.11 bits per heavy atom. The highest BCUT2D eigenvalue weighted by atomic mass is 16.5. The number of hydrogen-bond donors (Lipinski definition) is 2. The smallest absolute Gasteiger partial charge is 0.303 e. The maximum absolute atomic E-state index is 12.2. The van der Waals surface area contributed by atoms with Crippen LogP contribution in [0.5, 0.6) is 0 Å². The normalized spacial score (nSPS) is 24.6. The predicted molar refractivity (Wildman–Crippen MR) is 67.2 cm³/mol. The van der Waals surface area contributed by atoms with Gasteiger partial charge in [-0.3, -0.25) is 9.59 Å². The molecule has 1 amide bonds. The first-order valence-electron chi connectivity index (χ1n) is 6.43. The Balaban J connectivity index is 2.49. The van der Waals surface area contributed by atoms with E-state index in [4.69, 9.17) is 9.84 Å². The van der Waals surface area contributed by atoms with Crippen molar-refractivity contribution in [3.05, 3.63) is 0 Å². The minimum atomic E-state index is -0.836. The van der Waals surface area contributed by atoms with Crippen LogP contribution in [0.2, 0.25) is 0 Å². The summed E-state index contributed by atoms with van der Waals surface area (Å²) in [4.78, 5) is 22.7. The van der Waals surface area contributed by atoms with Gasteiger partial charge in [0.25, 0.3) is 0 Å². The van der Waals surface area contributed by atoms with Gasteiger partial charge in [0, 0.05) is 31.1 Å². The molecule has 0 bridgehead atoms. The maximum Gasteiger partial charge on any atom is 0.303 e. The molecular weight excluding hydrogens is 234 g/mol. The van der Waals surface area contributed by atoms with E-state index in [-0.39, 0.29) is 24.2 Å². The Morgan fingerprint density at radius 3 is 2.67 bits per heavy atom. The van der Waals surface area contributed by atoms with E-state index in [9.17, 15) is 9.59 Å². The Bertz CT molecular complexity index is 314. The van der Waals surface area contributed by atoms with Crippen LogP contribution in [-0.2, 0) is 14.3 Å². The molecule has 0 aliphatic carbocycles. The molecule has 1 aliphatic heterocycles. The lowest BCUT2D eigenvalue weighted by Gasteiger charge is -2.32. The molecule has 1 fully saturated rings. The van der Waals surface area contributed by atoms with Crippen molar-refractivity contribution in [1.29, 1.82) is 0 Å². The molecule has 0 aromatic heterocycles. The van der Waals surface area contributed by atoms with Crippen LogP contribution in [0.4, 0.5) is 0 Å². The van der Waals surface area contributed by atoms with Gasteiger partial charge in [0.1, 0.15) is 0 Å². The summed E-state index contributed by atoms with van der Waals surface area (Å²) < 4.78 is 5.31. The molecule has 18 heavy (non-hydrogen) atoms. The van der Waals surface area contributed by atoms with Crippen molar-refractivity contribution in [2.24, 2.45) is 11.8 Å². The number of carbonyl (C=O) groups is 2. The van der Waals surface area contributed by atoms with Crippen LogP contribution in [0.25, 0.3) is 0 Å². The van der Waals surface area contributed by atoms with Crippen molar-refractivity contribution in [3.63, 3.8) is 0 Å². The van der Waals surface area contributed by atoms with Gasteiger partial charge < -0.3 is 15.2 Å². The van der Waals surface area contributed by atoms with Gasteiger partial charge in [-0.2, -0.15) is 0 Å². The molecule has 0 radical (unpaired) electrons. The van der Waals surface area contributed by atoms with E-state index in [0.717, 1.165) is 6.42 Å². The molecule has 0 saturated carbocycles. The topological polar surface area (TPSA) is 75.6 Å². The lowest BCUT2D eigenvalue weighted by Crippen LogP contribution is -2.49. The summed E-state index contributed by atoms with van der Waals surface area (Å²) in [5.41, 5.74) is -0.479. The molecule has 2 atom stereocenters. The zero-order chi connectivity index (χ0) is 13.8. The van der Waals surface area contributed by atoms with Gasteiger partial charge in [-0.15, -0.1) is 0 Å².